The fraction of sp³-hybridized carbons (Fsp3) is 0.235. The standard InChI is InChI=1S/C17H17N5OS2/c1-11-8-12(2)19-16(18-11)25-10-15(23)20-17-22-21-14(9-24-17)13-6-4-3-5-7-13/h3-8H,9-10H2,1-2H3,(H,20,22,23). The summed E-state index contributed by atoms with van der Waals surface area (Å²) in [6.45, 7) is 3.82. The van der Waals surface area contributed by atoms with E-state index in [1.807, 2.05) is 50.2 Å². The van der Waals surface area contributed by atoms with Gasteiger partial charge in [0, 0.05) is 17.1 Å². The number of hydrogen-bond donors (Lipinski definition) is 1. The van der Waals surface area contributed by atoms with Crippen molar-refractivity contribution in [2.24, 2.45) is 10.2 Å². The molecule has 1 aliphatic rings. The molecule has 1 aromatic heterocycles. The highest BCUT2D eigenvalue weighted by Crippen LogP contribution is 2.16. The van der Waals surface area contributed by atoms with Gasteiger partial charge in [0.05, 0.1) is 11.5 Å². The van der Waals surface area contributed by atoms with Gasteiger partial charge in [-0.1, -0.05) is 53.9 Å². The second-order valence-electron chi connectivity index (χ2n) is 5.38. The normalized spacial score (nSPS) is 13.8. The summed E-state index contributed by atoms with van der Waals surface area (Å²) < 4.78 is 0. The number of thioether (sulfide) groups is 2. The van der Waals surface area contributed by atoms with E-state index in [9.17, 15) is 4.79 Å². The number of aromatic nitrogens is 2. The average Bonchev–Trinajstić information content (AvgIpc) is 2.61. The number of carbonyl (C=O) groups is 1. The maximum atomic E-state index is 12.1. The molecule has 0 unspecified atom stereocenters. The number of amides is 1. The Labute approximate surface area is 154 Å². The number of carbonyl (C=O) groups excluding carboxylic acids is 1. The van der Waals surface area contributed by atoms with Crippen molar-refractivity contribution in [3.63, 3.8) is 0 Å². The molecular weight excluding hydrogens is 354 g/mol. The maximum absolute atomic E-state index is 12.1. The first kappa shape index (κ1) is 17.6. The van der Waals surface area contributed by atoms with Crippen LogP contribution in [0.5, 0.6) is 0 Å². The minimum absolute atomic E-state index is 0.141. The third kappa shape index (κ3) is 5.14. The number of rotatable bonds is 4. The van der Waals surface area contributed by atoms with Crippen molar-refractivity contribution in [2.45, 2.75) is 19.0 Å². The summed E-state index contributed by atoms with van der Waals surface area (Å²) in [5.41, 5.74) is 3.74. The molecule has 8 heteroatoms. The molecule has 0 fully saturated rings. The van der Waals surface area contributed by atoms with E-state index in [4.69, 9.17) is 0 Å². The lowest BCUT2D eigenvalue weighted by Crippen LogP contribution is -2.31. The molecule has 1 aliphatic heterocycles. The van der Waals surface area contributed by atoms with Crippen LogP contribution in [0.3, 0.4) is 0 Å². The van der Waals surface area contributed by atoms with Crippen LogP contribution in [0.2, 0.25) is 0 Å². The molecule has 3 rings (SSSR count). The van der Waals surface area contributed by atoms with Crippen LogP contribution in [0.4, 0.5) is 0 Å². The van der Waals surface area contributed by atoms with Gasteiger partial charge in [-0.3, -0.25) is 4.79 Å². The summed E-state index contributed by atoms with van der Waals surface area (Å²) in [6.07, 6.45) is 0. The molecule has 1 N–H and O–H groups in total. The van der Waals surface area contributed by atoms with Crippen molar-refractivity contribution >= 4 is 40.3 Å². The van der Waals surface area contributed by atoms with Gasteiger partial charge in [-0.2, -0.15) is 5.10 Å². The summed E-state index contributed by atoms with van der Waals surface area (Å²) >= 11 is 2.78. The zero-order valence-corrected chi connectivity index (χ0v) is 15.5. The van der Waals surface area contributed by atoms with Crippen LogP contribution in [0, 0.1) is 13.8 Å². The van der Waals surface area contributed by atoms with Crippen molar-refractivity contribution in [3.8, 4) is 0 Å². The van der Waals surface area contributed by atoms with E-state index < -0.39 is 0 Å². The smallest absolute Gasteiger partial charge is 0.236 e. The second-order valence-corrected chi connectivity index (χ2v) is 7.28. The predicted octanol–water partition coefficient (Wildman–Crippen LogP) is 2.81. The number of amidine groups is 1. The van der Waals surface area contributed by atoms with Gasteiger partial charge in [0.2, 0.25) is 5.91 Å². The summed E-state index contributed by atoms with van der Waals surface area (Å²) in [5, 5.41) is 12.2. The molecule has 25 heavy (non-hydrogen) atoms. The number of hydrogen-bond acceptors (Lipinski definition) is 7. The first-order valence-electron chi connectivity index (χ1n) is 7.68. The van der Waals surface area contributed by atoms with Crippen molar-refractivity contribution < 1.29 is 4.79 Å². The maximum Gasteiger partial charge on any atom is 0.236 e. The summed E-state index contributed by atoms with van der Waals surface area (Å²) in [4.78, 5) is 20.7. The molecule has 128 valence electrons. The number of aryl methyl sites for hydroxylation is 2. The fourth-order valence-electron chi connectivity index (χ4n) is 2.18. The molecule has 1 aromatic carbocycles. The quantitative estimate of drug-likeness (QED) is 0.660. The van der Waals surface area contributed by atoms with Crippen LogP contribution in [0.25, 0.3) is 0 Å². The Morgan fingerprint density at radius 3 is 2.52 bits per heavy atom. The lowest BCUT2D eigenvalue weighted by Gasteiger charge is -2.12. The van der Waals surface area contributed by atoms with E-state index in [-0.39, 0.29) is 11.7 Å². The van der Waals surface area contributed by atoms with E-state index >= 15 is 0 Å². The summed E-state index contributed by atoms with van der Waals surface area (Å²) in [7, 11) is 0. The van der Waals surface area contributed by atoms with Crippen LogP contribution in [0.15, 0.2) is 51.8 Å². The third-order valence-corrected chi connectivity index (χ3v) is 4.98. The number of nitrogens with zero attached hydrogens (tertiary/aromatic N) is 4. The predicted molar refractivity (Wildman–Crippen MR) is 103 cm³/mol. The van der Waals surface area contributed by atoms with E-state index in [1.54, 1.807) is 0 Å². The van der Waals surface area contributed by atoms with Crippen molar-refractivity contribution in [1.29, 1.82) is 0 Å². The average molecular weight is 371 g/mol. The molecule has 2 aromatic rings. The molecule has 0 saturated carbocycles. The van der Waals surface area contributed by atoms with Crippen LogP contribution >= 0.6 is 23.5 Å². The fourth-order valence-corrected chi connectivity index (χ4v) is 3.71. The molecule has 0 atom stereocenters. The van der Waals surface area contributed by atoms with E-state index in [1.165, 1.54) is 23.5 Å². The Bertz CT molecular complexity index is 816. The van der Waals surface area contributed by atoms with Gasteiger partial charge in [-0.25, -0.2) is 9.97 Å². The highest BCUT2D eigenvalue weighted by Gasteiger charge is 2.15. The Kier molecular flexibility index (Phi) is 5.83. The summed E-state index contributed by atoms with van der Waals surface area (Å²) in [5.74, 6) is 0.770. The first-order valence-corrected chi connectivity index (χ1v) is 9.65. The Morgan fingerprint density at radius 1 is 1.16 bits per heavy atom. The monoisotopic (exact) mass is 371 g/mol. The van der Waals surface area contributed by atoms with Gasteiger partial charge in [-0.15, -0.1) is 5.10 Å². The van der Waals surface area contributed by atoms with Crippen molar-refractivity contribution in [3.05, 3.63) is 53.3 Å². The second kappa shape index (κ2) is 8.26. The minimum atomic E-state index is -0.141. The van der Waals surface area contributed by atoms with Gasteiger partial charge >= 0.3 is 0 Å². The summed E-state index contributed by atoms with van der Waals surface area (Å²) in [6, 6.07) is 11.8. The third-order valence-electron chi connectivity index (χ3n) is 3.25. The molecule has 0 bridgehead atoms. The Hall–Kier alpha value is -2.19. The van der Waals surface area contributed by atoms with Crippen molar-refractivity contribution in [2.75, 3.05) is 11.5 Å². The largest absolute Gasteiger partial charge is 0.303 e. The zero-order valence-electron chi connectivity index (χ0n) is 13.9. The number of benzene rings is 1. The van der Waals surface area contributed by atoms with Gasteiger partial charge < -0.3 is 5.32 Å². The van der Waals surface area contributed by atoms with Crippen LogP contribution in [-0.4, -0.2) is 38.3 Å². The zero-order chi connectivity index (χ0) is 17.6. The van der Waals surface area contributed by atoms with Gasteiger partial charge in [0.25, 0.3) is 0 Å². The SMILES string of the molecule is Cc1cc(C)nc(SCC(=O)NC2=NN=C(c3ccccc3)CS2)n1. The number of nitrogens with one attached hydrogen (secondary N) is 1. The molecule has 1 amide bonds. The highest BCUT2D eigenvalue weighted by molar-refractivity contribution is 8.14. The first-order chi connectivity index (χ1) is 12.1. The van der Waals surface area contributed by atoms with E-state index in [0.29, 0.717) is 16.1 Å². The topological polar surface area (TPSA) is 79.6 Å². The van der Waals surface area contributed by atoms with Gasteiger partial charge in [-0.05, 0) is 25.5 Å². The van der Waals surface area contributed by atoms with Crippen LogP contribution in [-0.2, 0) is 4.79 Å². The molecule has 0 saturated heterocycles. The van der Waals surface area contributed by atoms with E-state index in [0.717, 1.165) is 22.7 Å². The van der Waals surface area contributed by atoms with Crippen molar-refractivity contribution in [1.82, 2.24) is 15.3 Å². The van der Waals surface area contributed by atoms with Crippen LogP contribution in [0.1, 0.15) is 17.0 Å². The Balaban J connectivity index is 1.55. The van der Waals surface area contributed by atoms with Crippen LogP contribution < -0.4 is 5.32 Å². The van der Waals surface area contributed by atoms with Gasteiger partial charge in [0.1, 0.15) is 0 Å². The lowest BCUT2D eigenvalue weighted by atomic mass is 10.1. The molecule has 0 aliphatic carbocycles. The minimum Gasteiger partial charge on any atom is -0.303 e. The lowest BCUT2D eigenvalue weighted by molar-refractivity contribution is -0.117. The molecule has 0 radical (unpaired) electrons. The molecular formula is C17H17N5OS2. The Morgan fingerprint density at radius 2 is 1.88 bits per heavy atom. The highest BCUT2D eigenvalue weighted by atomic mass is 32.2. The molecule has 0 spiro atoms. The molecule has 2 heterocycles. The molecule has 6 nitrogen and oxygen atoms in total. The van der Waals surface area contributed by atoms with E-state index in [2.05, 4.69) is 25.5 Å². The van der Waals surface area contributed by atoms with Gasteiger partial charge in [0.15, 0.2) is 10.3 Å².